The highest BCUT2D eigenvalue weighted by atomic mass is 79.9. The fourth-order valence-electron chi connectivity index (χ4n) is 4.23. The van der Waals surface area contributed by atoms with Crippen molar-refractivity contribution in [2.45, 2.75) is 38.7 Å². The third kappa shape index (κ3) is 4.71. The third-order valence-electron chi connectivity index (χ3n) is 5.36. The molecule has 1 aliphatic rings. The first-order chi connectivity index (χ1) is 13.6. The molecule has 6 heteroatoms. The van der Waals surface area contributed by atoms with Crippen molar-refractivity contribution >= 4 is 49.1 Å². The quantitative estimate of drug-likeness (QED) is 0.537. The Morgan fingerprint density at radius 3 is 2.00 bits per heavy atom. The van der Waals surface area contributed by atoms with Crippen LogP contribution in [0.25, 0.3) is 0 Å². The van der Waals surface area contributed by atoms with E-state index in [1.54, 1.807) is 6.92 Å². The van der Waals surface area contributed by atoms with Crippen LogP contribution in [0.5, 0.6) is 0 Å². The second kappa shape index (κ2) is 8.54. The summed E-state index contributed by atoms with van der Waals surface area (Å²) >= 11 is 6.85. The van der Waals surface area contributed by atoms with Crippen LogP contribution >= 0.6 is 31.9 Å². The lowest BCUT2D eigenvalue weighted by Gasteiger charge is -2.43. The van der Waals surface area contributed by atoms with Crippen molar-refractivity contribution in [3.05, 3.63) is 74.3 Å². The molecule has 0 spiro atoms. The third-order valence-corrected chi connectivity index (χ3v) is 6.42. The smallest absolute Gasteiger partial charge is 0.158 e. The minimum Gasteiger partial charge on any atom is -0.389 e. The molecule has 3 atom stereocenters. The summed E-state index contributed by atoms with van der Waals surface area (Å²) in [5.41, 5.74) is 1.54. The van der Waals surface area contributed by atoms with Gasteiger partial charge in [0, 0.05) is 38.2 Å². The number of carbonyl (C=O) groups excluding carboxylic acids is 2. The Morgan fingerprint density at radius 2 is 1.52 bits per heavy atom. The van der Waals surface area contributed by atoms with Crippen LogP contribution < -0.4 is 5.32 Å². The highest BCUT2D eigenvalue weighted by Gasteiger charge is 2.49. The molecule has 4 nitrogen and oxygen atoms in total. The van der Waals surface area contributed by atoms with Crippen molar-refractivity contribution in [1.82, 2.24) is 0 Å². The number of rotatable bonds is 5. The van der Waals surface area contributed by atoms with E-state index in [-0.39, 0.29) is 18.0 Å². The lowest BCUT2D eigenvalue weighted by molar-refractivity contribution is -0.131. The van der Waals surface area contributed by atoms with Gasteiger partial charge in [-0.25, -0.2) is 0 Å². The molecule has 0 saturated heterocycles. The Kier molecular flexibility index (Phi) is 6.46. The maximum Gasteiger partial charge on any atom is 0.158 e. The molecule has 3 rings (SSSR count). The molecule has 0 aliphatic heterocycles. The van der Waals surface area contributed by atoms with Crippen molar-refractivity contribution < 1.29 is 14.7 Å². The Labute approximate surface area is 187 Å². The van der Waals surface area contributed by atoms with Gasteiger partial charge in [-0.3, -0.25) is 9.59 Å². The standard InChI is InChI=1S/C23H23Br2NO3/c1-13(27)20-19(26-18-10-8-17(25)9-11-18)12-23(3,29)22(14(2)28)21(20)15-4-6-16(24)7-5-15/h4-11,21-22,26,29H,12H2,1-3H3/t21-,22-,23-/m0/s1. The fraction of sp³-hybridized carbons (Fsp3) is 0.304. The lowest BCUT2D eigenvalue weighted by Crippen LogP contribution is -2.48. The number of benzene rings is 2. The Bertz CT molecular complexity index is 963. The second-order valence-corrected chi connectivity index (χ2v) is 9.56. The number of ketones is 2. The average molecular weight is 521 g/mol. The van der Waals surface area contributed by atoms with Crippen LogP contribution in [0, 0.1) is 5.92 Å². The van der Waals surface area contributed by atoms with Gasteiger partial charge in [0.05, 0.1) is 11.5 Å². The van der Waals surface area contributed by atoms with E-state index in [1.165, 1.54) is 13.8 Å². The number of nitrogens with one attached hydrogen (secondary N) is 1. The topological polar surface area (TPSA) is 66.4 Å². The Balaban J connectivity index is 2.19. The van der Waals surface area contributed by atoms with E-state index in [1.807, 2.05) is 48.5 Å². The summed E-state index contributed by atoms with van der Waals surface area (Å²) in [5.74, 6) is -1.48. The molecule has 0 unspecified atom stereocenters. The highest BCUT2D eigenvalue weighted by Crippen LogP contribution is 2.47. The number of allylic oxidation sites excluding steroid dienone is 1. The Morgan fingerprint density at radius 1 is 1.00 bits per heavy atom. The van der Waals surface area contributed by atoms with Crippen LogP contribution in [0.15, 0.2) is 68.7 Å². The molecular weight excluding hydrogens is 498 g/mol. The summed E-state index contributed by atoms with van der Waals surface area (Å²) in [4.78, 5) is 25.4. The predicted octanol–water partition coefficient (Wildman–Crippen LogP) is 5.61. The van der Waals surface area contributed by atoms with Crippen molar-refractivity contribution in [2.24, 2.45) is 5.92 Å². The van der Waals surface area contributed by atoms with Crippen molar-refractivity contribution in [3.8, 4) is 0 Å². The highest BCUT2D eigenvalue weighted by molar-refractivity contribution is 9.10. The van der Waals surface area contributed by atoms with Crippen LogP contribution in [0.4, 0.5) is 5.69 Å². The second-order valence-electron chi connectivity index (χ2n) is 7.73. The number of anilines is 1. The van der Waals surface area contributed by atoms with E-state index in [0.717, 1.165) is 20.2 Å². The van der Waals surface area contributed by atoms with Crippen LogP contribution in [0.2, 0.25) is 0 Å². The summed E-state index contributed by atoms with van der Waals surface area (Å²) in [6.07, 6.45) is 0.190. The summed E-state index contributed by atoms with van der Waals surface area (Å²) in [7, 11) is 0. The molecule has 0 bridgehead atoms. The number of hydrogen-bond donors (Lipinski definition) is 2. The number of carbonyl (C=O) groups is 2. The zero-order chi connectivity index (χ0) is 21.3. The number of Topliss-reactive ketones (excluding diaryl/α,β-unsaturated/α-hetero) is 2. The molecule has 2 aromatic carbocycles. The molecule has 2 N–H and O–H groups in total. The van der Waals surface area contributed by atoms with Gasteiger partial charge in [0.2, 0.25) is 0 Å². The van der Waals surface area contributed by atoms with Gasteiger partial charge in [0.1, 0.15) is 5.78 Å². The molecule has 29 heavy (non-hydrogen) atoms. The summed E-state index contributed by atoms with van der Waals surface area (Å²) in [5, 5.41) is 14.6. The lowest BCUT2D eigenvalue weighted by atomic mass is 9.64. The normalized spacial score (nSPS) is 24.3. The van der Waals surface area contributed by atoms with E-state index in [4.69, 9.17) is 0 Å². The molecule has 0 saturated carbocycles. The molecule has 152 valence electrons. The molecular formula is C23H23Br2NO3. The molecule has 0 heterocycles. The monoisotopic (exact) mass is 519 g/mol. The average Bonchev–Trinajstić information content (AvgIpc) is 2.62. The van der Waals surface area contributed by atoms with Crippen molar-refractivity contribution in [2.75, 3.05) is 5.32 Å². The molecule has 0 radical (unpaired) electrons. The molecule has 1 aliphatic carbocycles. The fourth-order valence-corrected chi connectivity index (χ4v) is 4.76. The first-order valence-electron chi connectivity index (χ1n) is 9.35. The summed E-state index contributed by atoms with van der Waals surface area (Å²) in [6.45, 7) is 4.67. The van der Waals surface area contributed by atoms with E-state index in [9.17, 15) is 14.7 Å². The van der Waals surface area contributed by atoms with Crippen LogP contribution in [-0.2, 0) is 9.59 Å². The van der Waals surface area contributed by atoms with Gasteiger partial charge in [0.25, 0.3) is 0 Å². The van der Waals surface area contributed by atoms with Gasteiger partial charge in [-0.15, -0.1) is 0 Å². The zero-order valence-corrected chi connectivity index (χ0v) is 19.7. The largest absolute Gasteiger partial charge is 0.389 e. The maximum absolute atomic E-state index is 12.8. The van der Waals surface area contributed by atoms with Gasteiger partial charge in [-0.1, -0.05) is 44.0 Å². The van der Waals surface area contributed by atoms with Gasteiger partial charge >= 0.3 is 0 Å². The van der Waals surface area contributed by atoms with E-state index >= 15 is 0 Å². The van der Waals surface area contributed by atoms with Crippen LogP contribution in [-0.4, -0.2) is 22.3 Å². The Hall–Kier alpha value is -1.76. The number of aliphatic hydroxyl groups is 1. The first-order valence-corrected chi connectivity index (χ1v) is 10.9. The molecule has 0 fully saturated rings. The van der Waals surface area contributed by atoms with Crippen LogP contribution in [0.3, 0.4) is 0 Å². The zero-order valence-electron chi connectivity index (χ0n) is 16.5. The number of halogens is 2. The van der Waals surface area contributed by atoms with Gasteiger partial charge in [0.15, 0.2) is 5.78 Å². The van der Waals surface area contributed by atoms with Crippen molar-refractivity contribution in [3.63, 3.8) is 0 Å². The minimum absolute atomic E-state index is 0.112. The SMILES string of the molecule is CC(=O)C1=C(Nc2ccc(Br)cc2)C[C@](C)(O)[C@@H](C(C)=O)[C@H]1c1ccc(Br)cc1. The van der Waals surface area contributed by atoms with E-state index < -0.39 is 17.4 Å². The first kappa shape index (κ1) is 21.9. The van der Waals surface area contributed by atoms with Crippen LogP contribution in [0.1, 0.15) is 38.7 Å². The van der Waals surface area contributed by atoms with Gasteiger partial charge < -0.3 is 10.4 Å². The van der Waals surface area contributed by atoms with E-state index in [2.05, 4.69) is 37.2 Å². The number of hydrogen-bond acceptors (Lipinski definition) is 4. The summed E-state index contributed by atoms with van der Waals surface area (Å²) < 4.78 is 1.86. The molecule has 2 aromatic rings. The maximum atomic E-state index is 12.8. The van der Waals surface area contributed by atoms with Crippen molar-refractivity contribution in [1.29, 1.82) is 0 Å². The summed E-state index contributed by atoms with van der Waals surface area (Å²) in [6, 6.07) is 15.2. The molecule has 0 aromatic heterocycles. The predicted molar refractivity (Wildman–Crippen MR) is 122 cm³/mol. The van der Waals surface area contributed by atoms with Gasteiger partial charge in [-0.2, -0.15) is 0 Å². The van der Waals surface area contributed by atoms with E-state index in [0.29, 0.717) is 11.3 Å². The van der Waals surface area contributed by atoms with Gasteiger partial charge in [-0.05, 0) is 62.7 Å². The molecule has 0 amide bonds. The minimum atomic E-state index is -1.29.